The monoisotopic (exact) mass is 211 g/mol. The fourth-order valence-electron chi connectivity index (χ4n) is 0.868. The molecule has 15 heavy (non-hydrogen) atoms. The van der Waals surface area contributed by atoms with Gasteiger partial charge in [0.15, 0.2) is 5.69 Å². The van der Waals surface area contributed by atoms with Crippen LogP contribution < -0.4 is 10.1 Å². The van der Waals surface area contributed by atoms with E-state index in [9.17, 15) is 4.79 Å². The summed E-state index contributed by atoms with van der Waals surface area (Å²) >= 11 is 0. The highest BCUT2D eigenvalue weighted by Gasteiger charge is 2.07. The Hall–Kier alpha value is -1.69. The van der Waals surface area contributed by atoms with Crippen LogP contribution in [0, 0.1) is 0 Å². The lowest BCUT2D eigenvalue weighted by Crippen LogP contribution is -2.16. The van der Waals surface area contributed by atoms with Gasteiger partial charge in [-0.15, -0.1) is 10.2 Å². The Bertz CT molecular complexity index is 313. The van der Waals surface area contributed by atoms with E-state index in [-0.39, 0.29) is 5.69 Å². The average molecular weight is 211 g/mol. The molecule has 0 saturated carbocycles. The molecule has 0 aliphatic rings. The van der Waals surface area contributed by atoms with Crippen molar-refractivity contribution in [1.29, 1.82) is 0 Å². The first-order valence-electron chi connectivity index (χ1n) is 4.47. The molecule has 1 aromatic heterocycles. The number of aromatic nitrogens is 2. The number of carbonyl (C=O) groups is 1. The van der Waals surface area contributed by atoms with E-state index in [1.54, 1.807) is 6.07 Å². The molecule has 0 bridgehead atoms. The standard InChI is InChI=1S/C9H13N3O3/c1-10-5-6-15-8-4-3-7(11-12-8)9(13)14-2/h3-4,10H,5-6H2,1-2H3. The second kappa shape index (κ2) is 5.92. The first kappa shape index (κ1) is 11.4. The number of methoxy groups -OCH3 is 1. The first-order valence-corrected chi connectivity index (χ1v) is 4.47. The average Bonchev–Trinajstić information content (AvgIpc) is 2.29. The summed E-state index contributed by atoms with van der Waals surface area (Å²) in [6.07, 6.45) is 0. The summed E-state index contributed by atoms with van der Waals surface area (Å²) in [4.78, 5) is 11.0. The third-order valence-corrected chi connectivity index (χ3v) is 1.64. The molecule has 0 saturated heterocycles. The van der Waals surface area contributed by atoms with Crippen LogP contribution in [-0.4, -0.2) is 43.5 Å². The fraction of sp³-hybridized carbons (Fsp3) is 0.444. The van der Waals surface area contributed by atoms with Crippen molar-refractivity contribution in [3.8, 4) is 5.88 Å². The number of carbonyl (C=O) groups excluding carboxylic acids is 1. The van der Waals surface area contributed by atoms with Crippen LogP contribution in [0.3, 0.4) is 0 Å². The summed E-state index contributed by atoms with van der Waals surface area (Å²) in [5.74, 6) is -0.123. The van der Waals surface area contributed by atoms with Gasteiger partial charge in [-0.05, 0) is 13.1 Å². The Morgan fingerprint density at radius 2 is 2.27 bits per heavy atom. The number of nitrogens with one attached hydrogen (secondary N) is 1. The predicted molar refractivity (Wildman–Crippen MR) is 52.8 cm³/mol. The third kappa shape index (κ3) is 3.51. The largest absolute Gasteiger partial charge is 0.475 e. The molecule has 1 N–H and O–H groups in total. The smallest absolute Gasteiger partial charge is 0.358 e. The molecule has 0 aromatic carbocycles. The van der Waals surface area contributed by atoms with Gasteiger partial charge in [-0.25, -0.2) is 4.79 Å². The van der Waals surface area contributed by atoms with Crippen LogP contribution in [0.15, 0.2) is 12.1 Å². The number of esters is 1. The molecular formula is C9H13N3O3. The van der Waals surface area contributed by atoms with E-state index in [2.05, 4.69) is 20.3 Å². The summed E-state index contributed by atoms with van der Waals surface area (Å²) in [6.45, 7) is 1.23. The Labute approximate surface area is 87.6 Å². The summed E-state index contributed by atoms with van der Waals surface area (Å²) in [6, 6.07) is 3.09. The highest BCUT2D eigenvalue weighted by molar-refractivity contribution is 5.86. The maximum Gasteiger partial charge on any atom is 0.358 e. The number of rotatable bonds is 5. The zero-order valence-corrected chi connectivity index (χ0v) is 8.69. The topological polar surface area (TPSA) is 73.3 Å². The van der Waals surface area contributed by atoms with E-state index in [0.717, 1.165) is 6.54 Å². The maximum atomic E-state index is 11.0. The van der Waals surface area contributed by atoms with Crippen LogP contribution in [0.25, 0.3) is 0 Å². The van der Waals surface area contributed by atoms with Crippen molar-refractivity contribution in [3.63, 3.8) is 0 Å². The normalized spacial score (nSPS) is 9.73. The van der Waals surface area contributed by atoms with Crippen molar-refractivity contribution in [3.05, 3.63) is 17.8 Å². The van der Waals surface area contributed by atoms with Gasteiger partial charge in [0.05, 0.1) is 7.11 Å². The van der Waals surface area contributed by atoms with Crippen LogP contribution in [-0.2, 0) is 4.74 Å². The van der Waals surface area contributed by atoms with Crippen LogP contribution in [0.2, 0.25) is 0 Å². The molecule has 0 aliphatic heterocycles. The lowest BCUT2D eigenvalue weighted by Gasteiger charge is -2.03. The van der Waals surface area contributed by atoms with Crippen LogP contribution in [0.4, 0.5) is 0 Å². The van der Waals surface area contributed by atoms with Crippen molar-refractivity contribution in [2.45, 2.75) is 0 Å². The molecule has 0 aliphatic carbocycles. The number of hydrogen-bond donors (Lipinski definition) is 1. The summed E-state index contributed by atoms with van der Waals surface area (Å²) in [7, 11) is 3.12. The van der Waals surface area contributed by atoms with Crippen molar-refractivity contribution in [1.82, 2.24) is 15.5 Å². The van der Waals surface area contributed by atoms with E-state index in [4.69, 9.17) is 4.74 Å². The number of ether oxygens (including phenoxy) is 2. The highest BCUT2D eigenvalue weighted by atomic mass is 16.5. The summed E-state index contributed by atoms with van der Waals surface area (Å²) < 4.78 is 9.71. The lowest BCUT2D eigenvalue weighted by molar-refractivity contribution is 0.0592. The van der Waals surface area contributed by atoms with Crippen LogP contribution >= 0.6 is 0 Å². The van der Waals surface area contributed by atoms with Gasteiger partial charge in [-0.1, -0.05) is 0 Å². The molecule has 6 nitrogen and oxygen atoms in total. The zero-order chi connectivity index (χ0) is 11.1. The van der Waals surface area contributed by atoms with Crippen molar-refractivity contribution >= 4 is 5.97 Å². The Kier molecular flexibility index (Phi) is 4.49. The SMILES string of the molecule is CNCCOc1ccc(C(=O)OC)nn1. The minimum absolute atomic E-state index is 0.165. The number of nitrogens with zero attached hydrogens (tertiary/aromatic N) is 2. The maximum absolute atomic E-state index is 11.0. The predicted octanol–water partition coefficient (Wildman–Crippen LogP) is -0.139. The highest BCUT2D eigenvalue weighted by Crippen LogP contribution is 2.04. The molecular weight excluding hydrogens is 198 g/mol. The Balaban J connectivity index is 2.52. The number of likely N-dealkylation sites (N-methyl/N-ethyl adjacent to an activating group) is 1. The van der Waals surface area contributed by atoms with E-state index in [1.807, 2.05) is 7.05 Å². The van der Waals surface area contributed by atoms with Gasteiger partial charge in [0.2, 0.25) is 5.88 Å². The van der Waals surface area contributed by atoms with E-state index in [1.165, 1.54) is 13.2 Å². The van der Waals surface area contributed by atoms with E-state index in [0.29, 0.717) is 12.5 Å². The van der Waals surface area contributed by atoms with E-state index < -0.39 is 5.97 Å². The van der Waals surface area contributed by atoms with Crippen molar-refractivity contribution < 1.29 is 14.3 Å². The molecule has 0 spiro atoms. The Morgan fingerprint density at radius 3 is 2.80 bits per heavy atom. The fourth-order valence-corrected chi connectivity index (χ4v) is 0.868. The second-order valence-corrected chi connectivity index (χ2v) is 2.70. The first-order chi connectivity index (χ1) is 7.27. The molecule has 1 aromatic rings. The number of hydrogen-bond acceptors (Lipinski definition) is 6. The van der Waals surface area contributed by atoms with Gasteiger partial charge in [0, 0.05) is 12.6 Å². The summed E-state index contributed by atoms with van der Waals surface area (Å²) in [5.41, 5.74) is 0.165. The van der Waals surface area contributed by atoms with Gasteiger partial charge in [-0.2, -0.15) is 0 Å². The molecule has 0 fully saturated rings. The molecule has 0 amide bonds. The van der Waals surface area contributed by atoms with Gasteiger partial charge >= 0.3 is 5.97 Å². The molecule has 82 valence electrons. The minimum Gasteiger partial charge on any atom is -0.475 e. The Morgan fingerprint density at radius 1 is 1.47 bits per heavy atom. The van der Waals surface area contributed by atoms with Crippen LogP contribution in [0.5, 0.6) is 5.88 Å². The summed E-state index contributed by atoms with van der Waals surface area (Å²) in [5, 5.41) is 10.3. The van der Waals surface area contributed by atoms with Gasteiger partial charge in [0.25, 0.3) is 0 Å². The van der Waals surface area contributed by atoms with Crippen molar-refractivity contribution in [2.75, 3.05) is 27.3 Å². The lowest BCUT2D eigenvalue weighted by atomic mass is 10.4. The molecule has 6 heteroatoms. The van der Waals surface area contributed by atoms with E-state index >= 15 is 0 Å². The van der Waals surface area contributed by atoms with Crippen LogP contribution in [0.1, 0.15) is 10.5 Å². The van der Waals surface area contributed by atoms with Gasteiger partial charge in [0.1, 0.15) is 6.61 Å². The molecule has 1 rings (SSSR count). The second-order valence-electron chi connectivity index (χ2n) is 2.70. The van der Waals surface area contributed by atoms with Gasteiger partial charge in [-0.3, -0.25) is 0 Å². The van der Waals surface area contributed by atoms with Crippen molar-refractivity contribution in [2.24, 2.45) is 0 Å². The molecule has 0 atom stereocenters. The molecule has 0 unspecified atom stereocenters. The van der Waals surface area contributed by atoms with Gasteiger partial charge < -0.3 is 14.8 Å². The minimum atomic E-state index is -0.510. The quantitative estimate of drug-likeness (QED) is 0.540. The molecule has 1 heterocycles. The zero-order valence-electron chi connectivity index (χ0n) is 8.69. The molecule has 0 radical (unpaired) electrons. The third-order valence-electron chi connectivity index (χ3n) is 1.64.